The maximum absolute atomic E-state index is 5.47. The molecule has 0 amide bonds. The molecule has 4 rings (SSSR count). The Bertz CT molecular complexity index is 848. The summed E-state index contributed by atoms with van der Waals surface area (Å²) in [7, 11) is 4.07. The van der Waals surface area contributed by atoms with E-state index in [1.54, 1.807) is 6.20 Å². The molecule has 0 spiro atoms. The van der Waals surface area contributed by atoms with Crippen molar-refractivity contribution in [3.8, 4) is 11.5 Å². The van der Waals surface area contributed by atoms with Gasteiger partial charge in [0.1, 0.15) is 5.82 Å². The number of nitrogens with zero attached hydrogens (tertiary/aromatic N) is 5. The third-order valence-corrected chi connectivity index (χ3v) is 4.73. The van der Waals surface area contributed by atoms with Crippen molar-refractivity contribution in [1.29, 1.82) is 0 Å². The number of piperazine rings is 1. The van der Waals surface area contributed by atoms with Gasteiger partial charge in [0.25, 0.3) is 5.89 Å². The van der Waals surface area contributed by atoms with Crippen LogP contribution in [0.25, 0.3) is 11.5 Å². The van der Waals surface area contributed by atoms with Crippen LogP contribution in [0, 0.1) is 0 Å². The second-order valence-corrected chi connectivity index (χ2v) is 6.46. The molecule has 1 fully saturated rings. The Morgan fingerprint density at radius 2 is 2.04 bits per heavy atom. The number of likely N-dealkylation sites (N-methyl/N-ethyl adjacent to an activating group) is 1. The Morgan fingerprint density at radius 1 is 1.19 bits per heavy atom. The topological polar surface area (TPSA) is 70.3 Å². The normalized spacial score (nSPS) is 18.0. The van der Waals surface area contributed by atoms with E-state index in [2.05, 4.69) is 44.5 Å². The highest BCUT2D eigenvalue weighted by atomic mass is 16.5. The number of hydrogen-bond donors (Lipinski definition) is 1. The lowest BCUT2D eigenvalue weighted by Crippen LogP contribution is -2.44. The highest BCUT2D eigenvalue weighted by Gasteiger charge is 2.25. The predicted molar refractivity (Wildman–Crippen MR) is 100 cm³/mol. The maximum atomic E-state index is 5.47. The monoisotopic (exact) mass is 350 g/mol. The summed E-state index contributed by atoms with van der Waals surface area (Å²) in [6.45, 7) is 2.78. The van der Waals surface area contributed by atoms with Gasteiger partial charge in [0.05, 0.1) is 11.6 Å². The summed E-state index contributed by atoms with van der Waals surface area (Å²) in [5.41, 5.74) is 1.90. The molecule has 0 radical (unpaired) electrons. The fourth-order valence-electron chi connectivity index (χ4n) is 3.08. The molecular formula is C19H22N6O. The minimum atomic E-state index is 0.137. The fraction of sp³-hybridized carbons (Fsp3) is 0.316. The van der Waals surface area contributed by atoms with Gasteiger partial charge < -0.3 is 14.7 Å². The zero-order valence-corrected chi connectivity index (χ0v) is 15.0. The van der Waals surface area contributed by atoms with E-state index in [4.69, 9.17) is 4.52 Å². The number of nitrogens with one attached hydrogen (secondary N) is 1. The summed E-state index contributed by atoms with van der Waals surface area (Å²) < 4.78 is 5.47. The average molecular weight is 350 g/mol. The van der Waals surface area contributed by atoms with E-state index in [0.29, 0.717) is 11.7 Å². The number of anilines is 2. The molecule has 1 aromatic carbocycles. The van der Waals surface area contributed by atoms with Crippen molar-refractivity contribution in [2.45, 2.75) is 6.04 Å². The van der Waals surface area contributed by atoms with Crippen molar-refractivity contribution >= 4 is 11.5 Å². The average Bonchev–Trinajstić information content (AvgIpc) is 3.18. The zero-order valence-electron chi connectivity index (χ0n) is 15.0. The Hall–Kier alpha value is -2.77. The molecular weight excluding hydrogens is 328 g/mol. The molecule has 26 heavy (non-hydrogen) atoms. The van der Waals surface area contributed by atoms with Crippen molar-refractivity contribution < 1.29 is 4.52 Å². The molecule has 1 unspecified atom stereocenters. The lowest BCUT2D eigenvalue weighted by molar-refractivity contribution is 0.190. The summed E-state index contributed by atoms with van der Waals surface area (Å²) in [6.07, 6.45) is 1.77. The quantitative estimate of drug-likeness (QED) is 0.775. The Labute approximate surface area is 152 Å². The van der Waals surface area contributed by atoms with Crippen LogP contribution in [0.15, 0.2) is 53.2 Å². The Balaban J connectivity index is 1.52. The van der Waals surface area contributed by atoms with Gasteiger partial charge in [0.15, 0.2) is 5.82 Å². The smallest absolute Gasteiger partial charge is 0.259 e. The van der Waals surface area contributed by atoms with Crippen LogP contribution in [-0.2, 0) is 0 Å². The van der Waals surface area contributed by atoms with Crippen LogP contribution in [0.3, 0.4) is 0 Å². The molecule has 3 aromatic rings. The van der Waals surface area contributed by atoms with Gasteiger partial charge >= 0.3 is 0 Å². The third-order valence-electron chi connectivity index (χ3n) is 4.73. The van der Waals surface area contributed by atoms with E-state index in [1.165, 1.54) is 0 Å². The summed E-state index contributed by atoms with van der Waals surface area (Å²) in [5.74, 6) is 2.07. The minimum absolute atomic E-state index is 0.137. The van der Waals surface area contributed by atoms with Crippen LogP contribution in [-0.4, -0.2) is 53.8 Å². The second-order valence-electron chi connectivity index (χ2n) is 6.46. The summed E-state index contributed by atoms with van der Waals surface area (Å²) in [4.78, 5) is 13.4. The molecule has 1 atom stereocenters. The van der Waals surface area contributed by atoms with Crippen LogP contribution in [0.2, 0.25) is 0 Å². The van der Waals surface area contributed by atoms with Crippen molar-refractivity contribution in [1.82, 2.24) is 25.3 Å². The van der Waals surface area contributed by atoms with E-state index in [-0.39, 0.29) is 6.04 Å². The van der Waals surface area contributed by atoms with Crippen LogP contribution in [0.5, 0.6) is 0 Å². The standard InChI is InChI=1S/C19H22N6O/c1-24-11-10-20-13-16(24)18-22-19(26-23-18)14-8-9-17(21-12-14)25(2)15-6-4-3-5-7-15/h3-9,12,16,20H,10-11,13H2,1-2H3. The van der Waals surface area contributed by atoms with Gasteiger partial charge in [-0.3, -0.25) is 4.90 Å². The van der Waals surface area contributed by atoms with Gasteiger partial charge in [-0.05, 0) is 31.3 Å². The van der Waals surface area contributed by atoms with Gasteiger partial charge in [-0.1, -0.05) is 23.4 Å². The van der Waals surface area contributed by atoms with Crippen LogP contribution >= 0.6 is 0 Å². The number of para-hydroxylation sites is 1. The molecule has 1 aliphatic rings. The minimum Gasteiger partial charge on any atom is -0.334 e. The van der Waals surface area contributed by atoms with Crippen LogP contribution in [0.1, 0.15) is 11.9 Å². The van der Waals surface area contributed by atoms with Gasteiger partial charge in [-0.15, -0.1) is 0 Å². The molecule has 0 aliphatic carbocycles. The fourth-order valence-corrected chi connectivity index (χ4v) is 3.08. The molecule has 0 saturated carbocycles. The van der Waals surface area contributed by atoms with E-state index in [0.717, 1.165) is 36.7 Å². The first-order valence-corrected chi connectivity index (χ1v) is 8.72. The number of benzene rings is 1. The summed E-state index contributed by atoms with van der Waals surface area (Å²) >= 11 is 0. The molecule has 3 heterocycles. The third kappa shape index (κ3) is 3.31. The molecule has 7 nitrogen and oxygen atoms in total. The predicted octanol–water partition coefficient (Wildman–Crippen LogP) is 2.48. The molecule has 2 aromatic heterocycles. The Kier molecular flexibility index (Phi) is 4.64. The van der Waals surface area contributed by atoms with Crippen molar-refractivity contribution in [2.75, 3.05) is 38.6 Å². The van der Waals surface area contributed by atoms with Crippen LogP contribution < -0.4 is 10.2 Å². The van der Waals surface area contributed by atoms with Gasteiger partial charge in [-0.2, -0.15) is 4.98 Å². The number of rotatable bonds is 4. The van der Waals surface area contributed by atoms with Crippen molar-refractivity contribution in [2.24, 2.45) is 0 Å². The molecule has 1 N–H and O–H groups in total. The second kappa shape index (κ2) is 7.23. The van der Waals surface area contributed by atoms with Gasteiger partial charge in [0, 0.05) is 38.6 Å². The lowest BCUT2D eigenvalue weighted by Gasteiger charge is -2.30. The van der Waals surface area contributed by atoms with Crippen molar-refractivity contribution in [3.05, 3.63) is 54.5 Å². The molecule has 0 bridgehead atoms. The first kappa shape index (κ1) is 16.7. The maximum Gasteiger partial charge on any atom is 0.259 e. The van der Waals surface area contributed by atoms with Gasteiger partial charge in [-0.25, -0.2) is 4.98 Å². The van der Waals surface area contributed by atoms with E-state index in [1.807, 2.05) is 42.3 Å². The largest absolute Gasteiger partial charge is 0.334 e. The van der Waals surface area contributed by atoms with E-state index < -0.39 is 0 Å². The van der Waals surface area contributed by atoms with E-state index >= 15 is 0 Å². The molecule has 134 valence electrons. The first-order chi connectivity index (χ1) is 12.7. The molecule has 1 saturated heterocycles. The number of pyridine rings is 1. The summed E-state index contributed by atoms with van der Waals surface area (Å²) in [5, 5.41) is 7.53. The SMILES string of the molecule is CN(c1ccccc1)c1ccc(-c2nc(C3CNCCN3C)no2)cn1. The molecule has 1 aliphatic heterocycles. The van der Waals surface area contributed by atoms with Crippen LogP contribution in [0.4, 0.5) is 11.5 Å². The van der Waals surface area contributed by atoms with Crippen molar-refractivity contribution in [3.63, 3.8) is 0 Å². The first-order valence-electron chi connectivity index (χ1n) is 8.72. The summed E-state index contributed by atoms with van der Waals surface area (Å²) in [6, 6.07) is 14.2. The van der Waals surface area contributed by atoms with Gasteiger partial charge in [0.2, 0.25) is 0 Å². The highest BCUT2D eigenvalue weighted by molar-refractivity contribution is 5.61. The Morgan fingerprint density at radius 3 is 2.77 bits per heavy atom. The number of aromatic nitrogens is 3. The number of hydrogen-bond acceptors (Lipinski definition) is 7. The molecule has 7 heteroatoms. The highest BCUT2D eigenvalue weighted by Crippen LogP contribution is 2.25. The van der Waals surface area contributed by atoms with E-state index in [9.17, 15) is 0 Å². The zero-order chi connectivity index (χ0) is 17.9. The lowest BCUT2D eigenvalue weighted by atomic mass is 10.2.